The molecule has 1 aromatic carbocycles. The predicted octanol–water partition coefficient (Wildman–Crippen LogP) is 2.73. The molecule has 6 heteroatoms. The van der Waals surface area contributed by atoms with E-state index in [-0.39, 0.29) is 11.8 Å². The van der Waals surface area contributed by atoms with Gasteiger partial charge in [0.25, 0.3) is 5.91 Å². The van der Waals surface area contributed by atoms with Gasteiger partial charge >= 0.3 is 0 Å². The summed E-state index contributed by atoms with van der Waals surface area (Å²) >= 11 is 0. The summed E-state index contributed by atoms with van der Waals surface area (Å²) in [5, 5.41) is 0. The highest BCUT2D eigenvalue weighted by atomic mass is 16.5. The number of aryl methyl sites for hydroxylation is 1. The molecule has 26 heavy (non-hydrogen) atoms. The second-order valence-corrected chi connectivity index (χ2v) is 6.37. The highest BCUT2D eigenvalue weighted by Gasteiger charge is 2.25. The zero-order chi connectivity index (χ0) is 18.4. The Balaban J connectivity index is 1.37. The maximum absolute atomic E-state index is 12.3. The molecule has 0 bridgehead atoms. The molecule has 0 atom stereocenters. The number of carbonyl (C=O) groups excluding carboxylic acids is 2. The van der Waals surface area contributed by atoms with Gasteiger partial charge in [0.2, 0.25) is 5.91 Å². The molecule has 1 saturated heterocycles. The first kappa shape index (κ1) is 18.0. The van der Waals surface area contributed by atoms with Crippen molar-refractivity contribution in [2.24, 2.45) is 0 Å². The zero-order valence-corrected chi connectivity index (χ0v) is 15.0. The van der Waals surface area contributed by atoms with Crippen molar-refractivity contribution in [3.05, 3.63) is 54.0 Å². The number of para-hydroxylation sites is 1. The Kier molecular flexibility index (Phi) is 5.94. The number of piperazine rings is 1. The minimum atomic E-state index is -0.117. The Bertz CT molecular complexity index is 734. The normalized spacial score (nSPS) is 14.3. The Labute approximate surface area is 153 Å². The van der Waals surface area contributed by atoms with Crippen LogP contribution >= 0.6 is 0 Å². The van der Waals surface area contributed by atoms with Gasteiger partial charge in [-0.25, -0.2) is 0 Å². The van der Waals surface area contributed by atoms with E-state index in [4.69, 9.17) is 9.15 Å². The average Bonchev–Trinajstić information content (AvgIpc) is 3.20. The van der Waals surface area contributed by atoms with Gasteiger partial charge < -0.3 is 19.0 Å². The van der Waals surface area contributed by atoms with E-state index in [0.717, 1.165) is 11.3 Å². The lowest BCUT2D eigenvalue weighted by Gasteiger charge is -2.34. The number of carbonyl (C=O) groups is 2. The number of ether oxygens (including phenoxy) is 1. The van der Waals surface area contributed by atoms with Crippen LogP contribution in [0.5, 0.6) is 5.75 Å². The Morgan fingerprint density at radius 3 is 2.46 bits per heavy atom. The van der Waals surface area contributed by atoms with E-state index in [9.17, 15) is 9.59 Å². The largest absolute Gasteiger partial charge is 0.493 e. The molecule has 3 rings (SSSR count). The van der Waals surface area contributed by atoms with Gasteiger partial charge in [-0.05, 0) is 37.1 Å². The van der Waals surface area contributed by atoms with Crippen molar-refractivity contribution in [3.63, 3.8) is 0 Å². The van der Waals surface area contributed by atoms with E-state index in [1.165, 1.54) is 6.26 Å². The van der Waals surface area contributed by atoms with Crippen molar-refractivity contribution in [1.29, 1.82) is 0 Å². The Morgan fingerprint density at radius 1 is 1.04 bits per heavy atom. The fourth-order valence-corrected chi connectivity index (χ4v) is 3.00. The van der Waals surface area contributed by atoms with Gasteiger partial charge in [0.1, 0.15) is 5.75 Å². The molecule has 2 aromatic rings. The first-order chi connectivity index (χ1) is 12.6. The Hall–Kier alpha value is -2.76. The monoisotopic (exact) mass is 356 g/mol. The number of hydrogen-bond acceptors (Lipinski definition) is 4. The number of hydrogen-bond donors (Lipinski definition) is 0. The molecule has 0 aliphatic carbocycles. The summed E-state index contributed by atoms with van der Waals surface area (Å²) in [5.74, 6) is 1.21. The second kappa shape index (κ2) is 8.56. The van der Waals surface area contributed by atoms with E-state index in [0.29, 0.717) is 51.4 Å². The van der Waals surface area contributed by atoms with Crippen LogP contribution in [0.15, 0.2) is 47.1 Å². The van der Waals surface area contributed by atoms with E-state index in [1.807, 2.05) is 36.1 Å². The zero-order valence-electron chi connectivity index (χ0n) is 15.0. The van der Waals surface area contributed by atoms with Gasteiger partial charge in [-0.1, -0.05) is 18.2 Å². The number of nitrogens with zero attached hydrogens (tertiary/aromatic N) is 2. The lowest BCUT2D eigenvalue weighted by Crippen LogP contribution is -2.50. The Morgan fingerprint density at radius 2 is 1.77 bits per heavy atom. The molecule has 1 fully saturated rings. The molecule has 0 N–H and O–H groups in total. The quantitative estimate of drug-likeness (QED) is 0.747. The predicted molar refractivity (Wildman–Crippen MR) is 97.1 cm³/mol. The smallest absolute Gasteiger partial charge is 0.289 e. The lowest BCUT2D eigenvalue weighted by atomic mass is 10.2. The van der Waals surface area contributed by atoms with Crippen molar-refractivity contribution in [2.75, 3.05) is 32.8 Å². The van der Waals surface area contributed by atoms with Crippen molar-refractivity contribution in [3.8, 4) is 5.75 Å². The summed E-state index contributed by atoms with van der Waals surface area (Å²) < 4.78 is 10.9. The van der Waals surface area contributed by atoms with E-state index in [2.05, 4.69) is 0 Å². The van der Waals surface area contributed by atoms with Gasteiger partial charge in [-0.15, -0.1) is 0 Å². The molecular weight excluding hydrogens is 332 g/mol. The highest BCUT2D eigenvalue weighted by molar-refractivity contribution is 5.91. The number of rotatable bonds is 6. The number of benzene rings is 1. The molecular formula is C20H24N2O4. The molecule has 0 radical (unpaired) electrons. The fourth-order valence-electron chi connectivity index (χ4n) is 3.00. The van der Waals surface area contributed by atoms with Crippen molar-refractivity contribution < 1.29 is 18.7 Å². The van der Waals surface area contributed by atoms with Crippen molar-refractivity contribution in [1.82, 2.24) is 9.80 Å². The molecule has 0 saturated carbocycles. The van der Waals surface area contributed by atoms with Crippen LogP contribution in [0, 0.1) is 6.92 Å². The third-order valence-corrected chi connectivity index (χ3v) is 4.54. The number of amides is 2. The van der Waals surface area contributed by atoms with Crippen molar-refractivity contribution >= 4 is 11.8 Å². The summed E-state index contributed by atoms with van der Waals surface area (Å²) in [5.41, 5.74) is 1.09. The van der Waals surface area contributed by atoms with Crippen LogP contribution in [0.25, 0.3) is 0 Å². The summed E-state index contributed by atoms with van der Waals surface area (Å²) in [6, 6.07) is 11.2. The van der Waals surface area contributed by atoms with E-state index in [1.54, 1.807) is 17.0 Å². The van der Waals surface area contributed by atoms with Crippen LogP contribution in [-0.2, 0) is 4.79 Å². The third-order valence-electron chi connectivity index (χ3n) is 4.54. The maximum Gasteiger partial charge on any atom is 0.289 e. The van der Waals surface area contributed by atoms with E-state index < -0.39 is 0 Å². The molecule has 1 aliphatic rings. The second-order valence-electron chi connectivity index (χ2n) is 6.37. The van der Waals surface area contributed by atoms with Crippen LogP contribution in [0.2, 0.25) is 0 Å². The minimum Gasteiger partial charge on any atom is -0.493 e. The molecule has 1 aliphatic heterocycles. The molecule has 0 unspecified atom stereocenters. The summed E-state index contributed by atoms with van der Waals surface area (Å²) in [6.45, 7) is 4.71. The topological polar surface area (TPSA) is 63.0 Å². The molecule has 2 heterocycles. The van der Waals surface area contributed by atoms with E-state index >= 15 is 0 Å². The van der Waals surface area contributed by atoms with Crippen LogP contribution < -0.4 is 4.74 Å². The van der Waals surface area contributed by atoms with Gasteiger partial charge in [0, 0.05) is 32.6 Å². The minimum absolute atomic E-state index is 0.114. The van der Waals surface area contributed by atoms with Gasteiger partial charge in [-0.2, -0.15) is 0 Å². The van der Waals surface area contributed by atoms with Crippen LogP contribution in [0.3, 0.4) is 0 Å². The van der Waals surface area contributed by atoms with Gasteiger partial charge in [0.05, 0.1) is 12.9 Å². The molecule has 2 amide bonds. The fraction of sp³-hybridized carbons (Fsp3) is 0.400. The number of furan rings is 1. The van der Waals surface area contributed by atoms with Crippen LogP contribution in [0.1, 0.15) is 29.0 Å². The SMILES string of the molecule is Cc1ccccc1OCCCC(=O)N1CCN(C(=O)c2ccco2)CC1. The summed E-state index contributed by atoms with van der Waals surface area (Å²) in [4.78, 5) is 28.1. The maximum atomic E-state index is 12.3. The molecule has 0 spiro atoms. The van der Waals surface area contributed by atoms with Crippen molar-refractivity contribution in [2.45, 2.75) is 19.8 Å². The molecule has 138 valence electrons. The summed E-state index contributed by atoms with van der Waals surface area (Å²) in [7, 11) is 0. The van der Waals surface area contributed by atoms with Gasteiger partial charge in [-0.3, -0.25) is 9.59 Å². The first-order valence-electron chi connectivity index (χ1n) is 8.94. The summed E-state index contributed by atoms with van der Waals surface area (Å²) in [6.07, 6.45) is 2.63. The lowest BCUT2D eigenvalue weighted by molar-refractivity contribution is -0.132. The molecule has 1 aromatic heterocycles. The molecule has 6 nitrogen and oxygen atoms in total. The van der Waals surface area contributed by atoms with Crippen LogP contribution in [-0.4, -0.2) is 54.4 Å². The standard InChI is InChI=1S/C20H24N2O4/c1-16-6-2-3-7-17(16)25-15-5-9-19(23)21-10-12-22(13-11-21)20(24)18-8-4-14-26-18/h2-4,6-8,14H,5,9-13,15H2,1H3. The third kappa shape index (κ3) is 4.45. The average molecular weight is 356 g/mol. The first-order valence-corrected chi connectivity index (χ1v) is 8.94. The highest BCUT2D eigenvalue weighted by Crippen LogP contribution is 2.16. The van der Waals surface area contributed by atoms with Gasteiger partial charge in [0.15, 0.2) is 5.76 Å². The van der Waals surface area contributed by atoms with Crippen LogP contribution in [0.4, 0.5) is 0 Å².